The van der Waals surface area contributed by atoms with Crippen molar-refractivity contribution in [2.45, 2.75) is 50.3 Å². The summed E-state index contributed by atoms with van der Waals surface area (Å²) in [5, 5.41) is 0.582. The molecule has 1 amide bonds. The van der Waals surface area contributed by atoms with E-state index < -0.39 is 29.0 Å². The highest BCUT2D eigenvalue weighted by atomic mass is 35.5. The number of halogens is 4. The molecule has 2 aromatic carbocycles. The van der Waals surface area contributed by atoms with Crippen LogP contribution >= 0.6 is 35.0 Å². The SMILES string of the molecule is CO[C@H]1CCSc2c(-c3cc(Cl)c(F)cc3F)c(Cl)cc3c(N4CCN(C(=O)OC(C)(C)C)CC4)nc(=O)n(c23)C1. The van der Waals surface area contributed by atoms with Crippen LogP contribution in [0.2, 0.25) is 10.0 Å². The first-order chi connectivity index (χ1) is 19.4. The molecule has 0 aliphatic carbocycles. The molecular formula is C28H30Cl2F2N4O4S. The van der Waals surface area contributed by atoms with Gasteiger partial charge in [-0.05, 0) is 39.3 Å². The number of hydrogen-bond acceptors (Lipinski definition) is 7. The molecule has 8 nitrogen and oxygen atoms in total. The number of hydrogen-bond donors (Lipinski definition) is 0. The van der Waals surface area contributed by atoms with Crippen molar-refractivity contribution in [3.05, 3.63) is 50.4 Å². The van der Waals surface area contributed by atoms with Crippen LogP contribution in [0, 0.1) is 11.6 Å². The highest BCUT2D eigenvalue weighted by molar-refractivity contribution is 7.99. The Bertz CT molecular complexity index is 1570. The third-order valence-electron chi connectivity index (χ3n) is 7.07. The number of carbonyl (C=O) groups excluding carboxylic acids is 1. The van der Waals surface area contributed by atoms with E-state index in [4.69, 9.17) is 32.7 Å². The Labute approximate surface area is 250 Å². The van der Waals surface area contributed by atoms with Gasteiger partial charge in [-0.3, -0.25) is 4.57 Å². The first-order valence-electron chi connectivity index (χ1n) is 13.2. The number of benzene rings is 2. The molecule has 41 heavy (non-hydrogen) atoms. The van der Waals surface area contributed by atoms with Gasteiger partial charge in [0.15, 0.2) is 0 Å². The first kappa shape index (κ1) is 29.9. The minimum atomic E-state index is -0.878. The van der Waals surface area contributed by atoms with Crippen molar-refractivity contribution in [1.82, 2.24) is 14.5 Å². The lowest BCUT2D eigenvalue weighted by atomic mass is 10.0. The lowest BCUT2D eigenvalue weighted by Gasteiger charge is -2.37. The summed E-state index contributed by atoms with van der Waals surface area (Å²) in [5.74, 6) is -0.662. The van der Waals surface area contributed by atoms with Gasteiger partial charge in [-0.25, -0.2) is 18.4 Å². The van der Waals surface area contributed by atoms with Gasteiger partial charge >= 0.3 is 11.8 Å². The van der Waals surface area contributed by atoms with Crippen LogP contribution in [-0.2, 0) is 16.0 Å². The fraction of sp³-hybridized carbons (Fsp3) is 0.464. The summed E-state index contributed by atoms with van der Waals surface area (Å²) in [7, 11) is 1.59. The molecule has 0 unspecified atom stereocenters. The monoisotopic (exact) mass is 626 g/mol. The van der Waals surface area contributed by atoms with E-state index in [2.05, 4.69) is 4.98 Å². The second-order valence-corrected chi connectivity index (χ2v) is 12.9. The maximum absolute atomic E-state index is 15.2. The highest BCUT2D eigenvalue weighted by Gasteiger charge is 2.31. The molecule has 3 heterocycles. The van der Waals surface area contributed by atoms with E-state index in [9.17, 15) is 14.0 Å². The molecule has 0 N–H and O–H groups in total. The molecule has 5 rings (SSSR count). The zero-order chi connectivity index (χ0) is 29.6. The predicted octanol–water partition coefficient (Wildman–Crippen LogP) is 6.22. The van der Waals surface area contributed by atoms with Gasteiger partial charge in [0, 0.05) is 66.5 Å². The van der Waals surface area contributed by atoms with Crippen LogP contribution in [0.3, 0.4) is 0 Å². The molecule has 1 saturated heterocycles. The molecule has 1 fully saturated rings. The van der Waals surface area contributed by atoms with Crippen LogP contribution in [0.5, 0.6) is 0 Å². The number of ether oxygens (including phenoxy) is 2. The largest absolute Gasteiger partial charge is 0.444 e. The average Bonchev–Trinajstić information content (AvgIpc) is 2.89. The van der Waals surface area contributed by atoms with E-state index in [1.54, 1.807) is 18.1 Å². The number of nitrogens with zero attached hydrogens (tertiary/aromatic N) is 4. The molecule has 1 atom stereocenters. The summed E-state index contributed by atoms with van der Waals surface area (Å²) in [5.41, 5.74) is -0.185. The summed E-state index contributed by atoms with van der Waals surface area (Å²) in [4.78, 5) is 34.8. The molecule has 0 spiro atoms. The average molecular weight is 628 g/mol. The van der Waals surface area contributed by atoms with Gasteiger partial charge in [0.05, 0.1) is 28.2 Å². The lowest BCUT2D eigenvalue weighted by Crippen LogP contribution is -2.50. The van der Waals surface area contributed by atoms with Crippen molar-refractivity contribution in [2.75, 3.05) is 43.9 Å². The standard InChI is InChI=1S/C28H30Cl2F2N4O4S/c1-28(2,3)40-27(38)35-8-6-34(7-9-35)25-17-12-19(30)22(16-11-18(29)21(32)13-20(16)31)24-23(17)36(26(37)33-25)14-15(39-4)5-10-41-24/h11-13,15H,5-10,14H2,1-4H3/t15-/m0/s1. The Morgan fingerprint density at radius 3 is 2.44 bits per heavy atom. The van der Waals surface area contributed by atoms with Gasteiger partial charge < -0.3 is 19.3 Å². The smallest absolute Gasteiger partial charge is 0.410 e. The summed E-state index contributed by atoms with van der Waals surface area (Å²) >= 11 is 14.3. The number of aromatic nitrogens is 2. The summed E-state index contributed by atoms with van der Waals surface area (Å²) < 4.78 is 41.9. The number of piperazine rings is 1. The van der Waals surface area contributed by atoms with Gasteiger partial charge in [-0.2, -0.15) is 4.98 Å². The van der Waals surface area contributed by atoms with Crippen LogP contribution in [0.4, 0.5) is 19.4 Å². The van der Waals surface area contributed by atoms with E-state index >= 15 is 4.39 Å². The number of amides is 1. The quantitative estimate of drug-likeness (QED) is 0.320. The molecule has 2 aliphatic rings. The highest BCUT2D eigenvalue weighted by Crippen LogP contribution is 2.46. The van der Waals surface area contributed by atoms with Crippen LogP contribution in [-0.4, -0.2) is 71.3 Å². The Kier molecular flexibility index (Phi) is 8.44. The molecular weight excluding hydrogens is 597 g/mol. The Morgan fingerprint density at radius 2 is 1.78 bits per heavy atom. The van der Waals surface area contributed by atoms with Crippen molar-refractivity contribution in [3.63, 3.8) is 0 Å². The van der Waals surface area contributed by atoms with E-state index in [0.717, 1.165) is 6.07 Å². The Balaban J connectivity index is 1.65. The van der Waals surface area contributed by atoms with Crippen LogP contribution < -0.4 is 10.6 Å². The van der Waals surface area contributed by atoms with Crippen LogP contribution in [0.25, 0.3) is 22.0 Å². The van der Waals surface area contributed by atoms with E-state index in [0.29, 0.717) is 65.5 Å². The topological polar surface area (TPSA) is 76.9 Å². The zero-order valence-corrected chi connectivity index (χ0v) is 25.4. The molecule has 3 aromatic rings. The Morgan fingerprint density at radius 1 is 1.07 bits per heavy atom. The fourth-order valence-electron chi connectivity index (χ4n) is 5.08. The number of methoxy groups -OCH3 is 1. The normalized spacial score (nSPS) is 17.9. The minimum Gasteiger partial charge on any atom is -0.444 e. The van der Waals surface area contributed by atoms with Crippen LogP contribution in [0.15, 0.2) is 27.9 Å². The fourth-order valence-corrected chi connectivity index (χ4v) is 6.92. The molecule has 220 valence electrons. The second-order valence-electron chi connectivity index (χ2n) is 11.0. The maximum atomic E-state index is 15.2. The molecule has 0 saturated carbocycles. The number of carbonyl (C=O) groups is 1. The van der Waals surface area contributed by atoms with E-state index in [1.807, 2.05) is 25.7 Å². The second kappa shape index (κ2) is 11.6. The predicted molar refractivity (Wildman–Crippen MR) is 158 cm³/mol. The minimum absolute atomic E-state index is 0.0398. The lowest BCUT2D eigenvalue weighted by molar-refractivity contribution is 0.0240. The molecule has 0 bridgehead atoms. The van der Waals surface area contributed by atoms with Crippen molar-refractivity contribution in [2.24, 2.45) is 0 Å². The van der Waals surface area contributed by atoms with Gasteiger partial charge in [0.25, 0.3) is 0 Å². The summed E-state index contributed by atoms with van der Waals surface area (Å²) in [6.07, 6.45) is -0.0103. The number of rotatable bonds is 3. The van der Waals surface area contributed by atoms with Crippen molar-refractivity contribution >= 4 is 57.8 Å². The number of thioether (sulfide) groups is 1. The molecule has 2 aliphatic heterocycles. The van der Waals surface area contributed by atoms with Gasteiger partial charge in [-0.15, -0.1) is 11.8 Å². The maximum Gasteiger partial charge on any atom is 0.410 e. The summed E-state index contributed by atoms with van der Waals surface area (Å²) in [6.45, 7) is 7.26. The van der Waals surface area contributed by atoms with Crippen LogP contribution in [0.1, 0.15) is 27.2 Å². The molecule has 1 aromatic heterocycles. The summed E-state index contributed by atoms with van der Waals surface area (Å²) in [6, 6.07) is 3.61. The van der Waals surface area contributed by atoms with Gasteiger partial charge in [-0.1, -0.05) is 23.2 Å². The van der Waals surface area contributed by atoms with Crippen molar-refractivity contribution < 1.29 is 23.0 Å². The molecule has 0 radical (unpaired) electrons. The zero-order valence-electron chi connectivity index (χ0n) is 23.1. The van der Waals surface area contributed by atoms with E-state index in [1.165, 1.54) is 22.4 Å². The Hall–Kier alpha value is -2.60. The van der Waals surface area contributed by atoms with Gasteiger partial charge in [0.1, 0.15) is 23.1 Å². The third kappa shape index (κ3) is 6.00. The van der Waals surface area contributed by atoms with Gasteiger partial charge in [0.2, 0.25) is 0 Å². The number of anilines is 1. The van der Waals surface area contributed by atoms with E-state index in [-0.39, 0.29) is 28.3 Å². The van der Waals surface area contributed by atoms with Crippen molar-refractivity contribution in [1.29, 1.82) is 0 Å². The first-order valence-corrected chi connectivity index (χ1v) is 14.9. The molecule has 13 heteroatoms. The third-order valence-corrected chi connectivity index (χ3v) is 8.78. The van der Waals surface area contributed by atoms with Crippen molar-refractivity contribution in [3.8, 4) is 11.1 Å².